The Morgan fingerprint density at radius 3 is 2.65 bits per heavy atom. The van der Waals surface area contributed by atoms with Crippen LogP contribution in [0.5, 0.6) is 5.75 Å². The number of amides is 2. The van der Waals surface area contributed by atoms with Crippen molar-refractivity contribution < 1.29 is 14.3 Å². The third-order valence-electron chi connectivity index (χ3n) is 2.77. The Morgan fingerprint density at radius 1 is 1.35 bits per heavy atom. The minimum atomic E-state index is -0.564. The van der Waals surface area contributed by atoms with Gasteiger partial charge in [-0.05, 0) is 18.1 Å². The summed E-state index contributed by atoms with van der Waals surface area (Å²) in [5.74, 6) is 0.0944. The Hall–Kier alpha value is -2.08. The molecule has 2 amide bonds. The van der Waals surface area contributed by atoms with Gasteiger partial charge in [0.25, 0.3) is 5.91 Å². The fourth-order valence-corrected chi connectivity index (χ4v) is 1.41. The number of hydrogen-bond donors (Lipinski definition) is 3. The molecule has 0 saturated heterocycles. The zero-order valence-corrected chi connectivity index (χ0v) is 12.0. The van der Waals surface area contributed by atoms with E-state index in [2.05, 4.69) is 10.6 Å². The Bertz CT molecular complexity index is 474. The number of likely N-dealkylation sites (N-methyl/N-ethyl adjacent to an activating group) is 1. The summed E-state index contributed by atoms with van der Waals surface area (Å²) in [6, 6.07) is 6.26. The van der Waals surface area contributed by atoms with Gasteiger partial charge in [-0.2, -0.15) is 0 Å². The lowest BCUT2D eigenvalue weighted by atomic mass is 10.0. The number of nitrogens with one attached hydrogen (secondary N) is 2. The predicted octanol–water partition coefficient (Wildman–Crippen LogP) is 0.733. The van der Waals surface area contributed by atoms with Gasteiger partial charge in [0.1, 0.15) is 5.75 Å². The number of carbonyl (C=O) groups excluding carboxylic acids is 2. The van der Waals surface area contributed by atoms with E-state index in [1.54, 1.807) is 24.3 Å². The first-order chi connectivity index (χ1) is 9.43. The maximum atomic E-state index is 11.8. The van der Waals surface area contributed by atoms with Crippen LogP contribution >= 0.6 is 0 Å². The van der Waals surface area contributed by atoms with E-state index in [9.17, 15) is 9.59 Å². The lowest BCUT2D eigenvalue weighted by Gasteiger charge is -2.15. The first-order valence-electron chi connectivity index (χ1n) is 6.44. The molecule has 0 aliphatic rings. The van der Waals surface area contributed by atoms with Crippen molar-refractivity contribution in [2.45, 2.75) is 19.9 Å². The third-order valence-corrected chi connectivity index (χ3v) is 2.77. The second kappa shape index (κ2) is 7.49. The van der Waals surface area contributed by atoms with Gasteiger partial charge in [-0.3, -0.25) is 9.59 Å². The lowest BCUT2D eigenvalue weighted by Crippen LogP contribution is -2.39. The minimum absolute atomic E-state index is 0.0580. The highest BCUT2D eigenvalue weighted by Crippen LogP contribution is 2.17. The third kappa shape index (κ3) is 4.89. The standard InChI is InChI=1S/C14H21N3O3/c1-9(2)13(15)14(19)17-10-5-4-6-11(7-10)20-8-12(18)16-3/h4-7,9,13H,8,15H2,1-3H3,(H,16,18)(H,17,19)/t13-/m1/s1. The molecule has 0 unspecified atom stereocenters. The second-order valence-electron chi connectivity index (χ2n) is 4.75. The van der Waals surface area contributed by atoms with Crippen molar-refractivity contribution in [1.29, 1.82) is 0 Å². The van der Waals surface area contributed by atoms with Crippen LogP contribution in [0.3, 0.4) is 0 Å². The topological polar surface area (TPSA) is 93.5 Å². The Kier molecular flexibility index (Phi) is 5.99. The van der Waals surface area contributed by atoms with Gasteiger partial charge in [0, 0.05) is 18.8 Å². The second-order valence-corrected chi connectivity index (χ2v) is 4.75. The molecule has 0 spiro atoms. The first-order valence-corrected chi connectivity index (χ1v) is 6.44. The molecule has 6 nitrogen and oxygen atoms in total. The number of nitrogens with two attached hydrogens (primary N) is 1. The van der Waals surface area contributed by atoms with Gasteiger partial charge in [0.15, 0.2) is 6.61 Å². The average molecular weight is 279 g/mol. The maximum Gasteiger partial charge on any atom is 0.257 e. The molecule has 20 heavy (non-hydrogen) atoms. The van der Waals surface area contributed by atoms with E-state index in [1.165, 1.54) is 7.05 Å². The SMILES string of the molecule is CNC(=O)COc1cccc(NC(=O)[C@H](N)C(C)C)c1. The van der Waals surface area contributed by atoms with Crippen LogP contribution in [-0.2, 0) is 9.59 Å². The van der Waals surface area contributed by atoms with Crippen LogP contribution in [0, 0.1) is 5.92 Å². The number of hydrogen-bond acceptors (Lipinski definition) is 4. The van der Waals surface area contributed by atoms with Crippen LogP contribution in [0.4, 0.5) is 5.69 Å². The molecular weight excluding hydrogens is 258 g/mol. The number of anilines is 1. The van der Waals surface area contributed by atoms with E-state index in [1.807, 2.05) is 13.8 Å². The van der Waals surface area contributed by atoms with Crippen molar-refractivity contribution in [2.24, 2.45) is 11.7 Å². The maximum absolute atomic E-state index is 11.8. The molecule has 1 aromatic rings. The van der Waals surface area contributed by atoms with Crippen molar-refractivity contribution in [1.82, 2.24) is 5.32 Å². The number of rotatable bonds is 6. The molecule has 0 aliphatic carbocycles. The normalized spacial score (nSPS) is 11.8. The Labute approximate surface area is 118 Å². The molecule has 0 bridgehead atoms. The number of carbonyl (C=O) groups is 2. The van der Waals surface area contributed by atoms with Crippen LogP contribution in [0.1, 0.15) is 13.8 Å². The van der Waals surface area contributed by atoms with Crippen molar-refractivity contribution in [3.8, 4) is 5.75 Å². The monoisotopic (exact) mass is 279 g/mol. The van der Waals surface area contributed by atoms with Crippen LogP contribution in [0.15, 0.2) is 24.3 Å². The molecule has 0 aliphatic heterocycles. The largest absolute Gasteiger partial charge is 0.484 e. The summed E-state index contributed by atoms with van der Waals surface area (Å²) >= 11 is 0. The van der Waals surface area contributed by atoms with Gasteiger partial charge in [-0.15, -0.1) is 0 Å². The predicted molar refractivity (Wildman–Crippen MR) is 77.4 cm³/mol. The molecular formula is C14H21N3O3. The first kappa shape index (κ1) is 16.0. The summed E-state index contributed by atoms with van der Waals surface area (Å²) in [6.07, 6.45) is 0. The molecule has 6 heteroatoms. The molecule has 1 aromatic carbocycles. The Balaban J connectivity index is 2.64. The molecule has 0 radical (unpaired) electrons. The van der Waals surface area contributed by atoms with Gasteiger partial charge in [-0.25, -0.2) is 0 Å². The highest BCUT2D eigenvalue weighted by atomic mass is 16.5. The minimum Gasteiger partial charge on any atom is -0.484 e. The van der Waals surface area contributed by atoms with Crippen LogP contribution < -0.4 is 21.1 Å². The van der Waals surface area contributed by atoms with Crippen molar-refractivity contribution in [3.63, 3.8) is 0 Å². The summed E-state index contributed by atoms with van der Waals surface area (Å²) in [5, 5.41) is 5.18. The van der Waals surface area contributed by atoms with Gasteiger partial charge in [0.05, 0.1) is 6.04 Å². The Morgan fingerprint density at radius 2 is 2.05 bits per heavy atom. The quantitative estimate of drug-likeness (QED) is 0.715. The number of benzene rings is 1. The van der Waals surface area contributed by atoms with E-state index in [0.29, 0.717) is 11.4 Å². The fraction of sp³-hybridized carbons (Fsp3) is 0.429. The van der Waals surface area contributed by atoms with E-state index in [0.717, 1.165) is 0 Å². The average Bonchev–Trinajstić information content (AvgIpc) is 2.44. The molecule has 0 heterocycles. The van der Waals surface area contributed by atoms with Gasteiger partial charge < -0.3 is 21.1 Å². The van der Waals surface area contributed by atoms with Crippen molar-refractivity contribution in [3.05, 3.63) is 24.3 Å². The summed E-state index contributed by atoms with van der Waals surface area (Å²) < 4.78 is 5.29. The molecule has 0 saturated carbocycles. The molecule has 4 N–H and O–H groups in total. The van der Waals surface area contributed by atoms with Crippen LogP contribution in [-0.4, -0.2) is 31.5 Å². The summed E-state index contributed by atoms with van der Waals surface area (Å²) in [7, 11) is 1.54. The van der Waals surface area contributed by atoms with E-state index >= 15 is 0 Å². The molecule has 0 fully saturated rings. The summed E-state index contributed by atoms with van der Waals surface area (Å²) in [4.78, 5) is 22.9. The lowest BCUT2D eigenvalue weighted by molar-refractivity contribution is -0.122. The van der Waals surface area contributed by atoms with E-state index in [4.69, 9.17) is 10.5 Å². The van der Waals surface area contributed by atoms with E-state index in [-0.39, 0.29) is 24.3 Å². The smallest absolute Gasteiger partial charge is 0.257 e. The van der Waals surface area contributed by atoms with Gasteiger partial charge >= 0.3 is 0 Å². The van der Waals surface area contributed by atoms with Crippen LogP contribution in [0.2, 0.25) is 0 Å². The highest BCUT2D eigenvalue weighted by Gasteiger charge is 2.17. The molecule has 110 valence electrons. The van der Waals surface area contributed by atoms with Crippen molar-refractivity contribution in [2.75, 3.05) is 19.0 Å². The fourth-order valence-electron chi connectivity index (χ4n) is 1.41. The molecule has 1 atom stereocenters. The molecule has 0 aromatic heterocycles. The highest BCUT2D eigenvalue weighted by molar-refractivity contribution is 5.95. The zero-order valence-electron chi connectivity index (χ0n) is 12.0. The summed E-state index contributed by atoms with van der Waals surface area (Å²) in [5.41, 5.74) is 6.35. The molecule has 1 rings (SSSR count). The van der Waals surface area contributed by atoms with Crippen molar-refractivity contribution >= 4 is 17.5 Å². The summed E-state index contributed by atoms with van der Waals surface area (Å²) in [6.45, 7) is 3.69. The van der Waals surface area contributed by atoms with E-state index < -0.39 is 6.04 Å². The van der Waals surface area contributed by atoms with Gasteiger partial charge in [0.2, 0.25) is 5.91 Å². The van der Waals surface area contributed by atoms with Crippen LogP contribution in [0.25, 0.3) is 0 Å². The van der Waals surface area contributed by atoms with Gasteiger partial charge in [-0.1, -0.05) is 19.9 Å². The number of ether oxygens (including phenoxy) is 1. The zero-order chi connectivity index (χ0) is 15.1.